The van der Waals surface area contributed by atoms with Crippen LogP contribution >= 0.6 is 0 Å². The first-order valence-corrected chi connectivity index (χ1v) is 6.07. The van der Waals surface area contributed by atoms with E-state index >= 15 is 0 Å². The number of benzene rings is 1. The maximum absolute atomic E-state index is 10.7. The monoisotopic (exact) mass is 219 g/mol. The molecule has 0 aromatic heterocycles. The van der Waals surface area contributed by atoms with E-state index in [2.05, 4.69) is 32.0 Å². The quantitative estimate of drug-likeness (QED) is 0.762. The van der Waals surface area contributed by atoms with Crippen LogP contribution in [-0.4, -0.2) is 11.1 Å². The topological polar surface area (TPSA) is 46.2 Å². The van der Waals surface area contributed by atoms with E-state index in [0.29, 0.717) is 6.42 Å². The summed E-state index contributed by atoms with van der Waals surface area (Å²) in [6, 6.07) is 6.42. The normalized spacial score (nSPS) is 30.4. The second-order valence-corrected chi connectivity index (χ2v) is 5.21. The second kappa shape index (κ2) is 4.19. The second-order valence-electron chi connectivity index (χ2n) is 5.21. The molecule has 0 spiro atoms. The van der Waals surface area contributed by atoms with Gasteiger partial charge < -0.3 is 10.8 Å². The predicted octanol–water partition coefficient (Wildman–Crippen LogP) is 2.39. The summed E-state index contributed by atoms with van der Waals surface area (Å²) < 4.78 is 0. The molecule has 0 amide bonds. The summed E-state index contributed by atoms with van der Waals surface area (Å²) in [5.41, 5.74) is 8.72. The molecular formula is C14H21NO. The van der Waals surface area contributed by atoms with Crippen molar-refractivity contribution in [3.63, 3.8) is 0 Å². The molecule has 1 aliphatic rings. The van der Waals surface area contributed by atoms with Gasteiger partial charge in [-0.15, -0.1) is 0 Å². The Labute approximate surface area is 97.5 Å². The molecule has 2 atom stereocenters. The van der Waals surface area contributed by atoms with Gasteiger partial charge in [0.15, 0.2) is 0 Å². The molecule has 88 valence electrons. The number of rotatable bonds is 1. The fraction of sp³-hybridized carbons (Fsp3) is 0.571. The van der Waals surface area contributed by atoms with Crippen LogP contribution < -0.4 is 5.73 Å². The Morgan fingerprint density at radius 1 is 1.38 bits per heavy atom. The zero-order valence-electron chi connectivity index (χ0n) is 10.2. The molecule has 0 radical (unpaired) electrons. The lowest BCUT2D eigenvalue weighted by atomic mass is 9.76. The third-order valence-corrected chi connectivity index (χ3v) is 3.66. The lowest BCUT2D eigenvalue weighted by molar-refractivity contribution is -0.00774. The molecule has 3 N–H and O–H groups in total. The Kier molecular flexibility index (Phi) is 3.04. The van der Waals surface area contributed by atoms with Crippen LogP contribution in [0.25, 0.3) is 0 Å². The number of aliphatic hydroxyl groups is 1. The smallest absolute Gasteiger partial charge is 0.0914 e. The third kappa shape index (κ3) is 2.13. The maximum Gasteiger partial charge on any atom is 0.0914 e. The average Bonchev–Trinajstić information content (AvgIpc) is 2.21. The van der Waals surface area contributed by atoms with Gasteiger partial charge in [-0.1, -0.05) is 23.8 Å². The molecule has 1 aromatic carbocycles. The van der Waals surface area contributed by atoms with Crippen molar-refractivity contribution in [2.24, 2.45) is 5.73 Å². The van der Waals surface area contributed by atoms with E-state index in [0.717, 1.165) is 24.8 Å². The van der Waals surface area contributed by atoms with Crippen molar-refractivity contribution in [2.75, 3.05) is 0 Å². The average molecular weight is 219 g/mol. The van der Waals surface area contributed by atoms with E-state index in [9.17, 15) is 5.11 Å². The molecule has 1 aromatic rings. The molecule has 2 nitrogen and oxygen atoms in total. The van der Waals surface area contributed by atoms with E-state index in [-0.39, 0.29) is 6.04 Å². The number of hydrogen-bond acceptors (Lipinski definition) is 2. The Hall–Kier alpha value is -0.860. The highest BCUT2D eigenvalue weighted by molar-refractivity contribution is 5.35. The van der Waals surface area contributed by atoms with Gasteiger partial charge in [0, 0.05) is 6.04 Å². The van der Waals surface area contributed by atoms with E-state index in [1.165, 1.54) is 11.1 Å². The minimum Gasteiger partial charge on any atom is -0.385 e. The summed E-state index contributed by atoms with van der Waals surface area (Å²) in [6.45, 7) is 4.13. The van der Waals surface area contributed by atoms with Crippen LogP contribution in [0, 0.1) is 13.8 Å². The van der Waals surface area contributed by atoms with Crippen LogP contribution in [0.15, 0.2) is 18.2 Å². The van der Waals surface area contributed by atoms with Crippen molar-refractivity contribution in [3.05, 3.63) is 34.9 Å². The highest BCUT2D eigenvalue weighted by atomic mass is 16.3. The molecule has 2 heteroatoms. The third-order valence-electron chi connectivity index (χ3n) is 3.66. The summed E-state index contributed by atoms with van der Waals surface area (Å²) in [7, 11) is 0. The zero-order valence-corrected chi connectivity index (χ0v) is 10.2. The Bertz CT molecular complexity index is 388. The van der Waals surface area contributed by atoms with E-state index < -0.39 is 5.60 Å². The van der Waals surface area contributed by atoms with Crippen LogP contribution in [0.4, 0.5) is 0 Å². The Balaban J connectivity index is 2.37. The standard InChI is InChI=1S/C14H21NO/c1-10-5-6-11(2)13(8-10)14(16)7-3-4-12(15)9-14/h5-6,8,12,16H,3-4,7,9,15H2,1-2H3. The highest BCUT2D eigenvalue weighted by Gasteiger charge is 2.35. The van der Waals surface area contributed by atoms with Crippen molar-refractivity contribution in [3.8, 4) is 0 Å². The number of hydrogen-bond donors (Lipinski definition) is 2. The van der Waals surface area contributed by atoms with Gasteiger partial charge in [-0.25, -0.2) is 0 Å². The maximum atomic E-state index is 10.7. The summed E-state index contributed by atoms with van der Waals surface area (Å²) in [5, 5.41) is 10.7. The van der Waals surface area contributed by atoms with Gasteiger partial charge in [-0.05, 0) is 50.7 Å². The summed E-state index contributed by atoms with van der Waals surface area (Å²) in [6.07, 6.45) is 3.58. The van der Waals surface area contributed by atoms with Crippen molar-refractivity contribution in [1.29, 1.82) is 0 Å². The molecule has 0 heterocycles. The van der Waals surface area contributed by atoms with Gasteiger partial charge in [0.1, 0.15) is 0 Å². The largest absolute Gasteiger partial charge is 0.385 e. The van der Waals surface area contributed by atoms with Crippen molar-refractivity contribution in [2.45, 2.75) is 51.2 Å². The minimum absolute atomic E-state index is 0.138. The number of nitrogens with two attached hydrogens (primary N) is 1. The molecule has 0 aliphatic heterocycles. The SMILES string of the molecule is Cc1ccc(C)c(C2(O)CCCC(N)C2)c1. The molecule has 2 unspecified atom stereocenters. The molecule has 1 aliphatic carbocycles. The van der Waals surface area contributed by atoms with Crippen LogP contribution in [-0.2, 0) is 5.60 Å². The predicted molar refractivity (Wildman–Crippen MR) is 66.3 cm³/mol. The highest BCUT2D eigenvalue weighted by Crippen LogP contribution is 2.38. The van der Waals surface area contributed by atoms with Crippen LogP contribution in [0.5, 0.6) is 0 Å². The van der Waals surface area contributed by atoms with E-state index in [4.69, 9.17) is 5.73 Å². The van der Waals surface area contributed by atoms with Crippen molar-refractivity contribution >= 4 is 0 Å². The van der Waals surface area contributed by atoms with Gasteiger partial charge >= 0.3 is 0 Å². The Morgan fingerprint density at radius 2 is 2.12 bits per heavy atom. The molecular weight excluding hydrogens is 198 g/mol. The number of aryl methyl sites for hydroxylation is 2. The van der Waals surface area contributed by atoms with Gasteiger partial charge in [-0.3, -0.25) is 0 Å². The first-order chi connectivity index (χ1) is 7.51. The van der Waals surface area contributed by atoms with Crippen LogP contribution in [0.1, 0.15) is 42.4 Å². The fourth-order valence-electron chi connectivity index (χ4n) is 2.78. The molecule has 16 heavy (non-hydrogen) atoms. The first kappa shape index (κ1) is 11.6. The van der Waals surface area contributed by atoms with E-state index in [1.807, 2.05) is 0 Å². The van der Waals surface area contributed by atoms with Crippen molar-refractivity contribution in [1.82, 2.24) is 0 Å². The van der Waals surface area contributed by atoms with Crippen molar-refractivity contribution < 1.29 is 5.11 Å². The summed E-state index contributed by atoms with van der Waals surface area (Å²) >= 11 is 0. The Morgan fingerprint density at radius 3 is 2.81 bits per heavy atom. The minimum atomic E-state index is -0.701. The first-order valence-electron chi connectivity index (χ1n) is 6.07. The molecule has 2 rings (SSSR count). The zero-order chi connectivity index (χ0) is 11.8. The summed E-state index contributed by atoms with van der Waals surface area (Å²) in [5.74, 6) is 0. The lowest BCUT2D eigenvalue weighted by Gasteiger charge is -2.37. The van der Waals surface area contributed by atoms with Gasteiger partial charge in [-0.2, -0.15) is 0 Å². The van der Waals surface area contributed by atoms with Crippen LogP contribution in [0.2, 0.25) is 0 Å². The lowest BCUT2D eigenvalue weighted by Crippen LogP contribution is -2.39. The molecule has 0 bridgehead atoms. The summed E-state index contributed by atoms with van der Waals surface area (Å²) in [4.78, 5) is 0. The molecule has 1 fully saturated rings. The molecule has 1 saturated carbocycles. The molecule has 0 saturated heterocycles. The van der Waals surface area contributed by atoms with Gasteiger partial charge in [0.05, 0.1) is 5.60 Å². The van der Waals surface area contributed by atoms with Gasteiger partial charge in [0.2, 0.25) is 0 Å². The van der Waals surface area contributed by atoms with Crippen LogP contribution in [0.3, 0.4) is 0 Å². The van der Waals surface area contributed by atoms with Gasteiger partial charge in [0.25, 0.3) is 0 Å². The fourth-order valence-corrected chi connectivity index (χ4v) is 2.78. The van der Waals surface area contributed by atoms with E-state index in [1.54, 1.807) is 0 Å².